The molecule has 0 radical (unpaired) electrons. The quantitative estimate of drug-likeness (QED) is 0.266. The average Bonchev–Trinajstić information content (AvgIpc) is 2.93. The lowest BCUT2D eigenvalue weighted by Gasteiger charge is -2.16. The normalized spacial score (nSPS) is 13.2. The molecular weight excluding hydrogens is 470 g/mol. The third kappa shape index (κ3) is 7.94. The molecule has 200 valence electrons. The van der Waals surface area contributed by atoms with Crippen molar-refractivity contribution in [2.45, 2.75) is 54.9 Å². The standard InChI is InChI=1S/C38H43N/c1-9-11-13-17-27(3)31(7)32(8)39-36-21-23-38(30(6)26-36)37-22-20-35(25-29(37)5)34(16-10-2)24-28(4)33-18-14-12-15-19-33/h9,11-26,39H,3,10H2,1-2,4-8H3/b11-9-,17-13-,28-24+,32-31-,34-16+. The van der Waals surface area contributed by atoms with Crippen LogP contribution in [0.2, 0.25) is 0 Å². The molecule has 3 aromatic rings. The molecule has 0 bridgehead atoms. The Morgan fingerprint density at radius 2 is 1.49 bits per heavy atom. The zero-order valence-corrected chi connectivity index (χ0v) is 24.7. The monoisotopic (exact) mass is 513 g/mol. The SMILES string of the molecule is C=C(/C=C\C=C/C)/C(C)=C(/C)Nc1ccc(-c2ccc(C(/C=C(\C)c3ccccc3)=C/CC)cc2C)c(C)c1. The smallest absolute Gasteiger partial charge is 0.0384 e. The van der Waals surface area contributed by atoms with E-state index >= 15 is 0 Å². The van der Waals surface area contributed by atoms with Crippen molar-refractivity contribution in [2.75, 3.05) is 5.32 Å². The van der Waals surface area contributed by atoms with E-state index in [9.17, 15) is 0 Å². The van der Waals surface area contributed by atoms with E-state index in [1.807, 2.05) is 31.2 Å². The third-order valence-corrected chi connectivity index (χ3v) is 7.08. The molecule has 0 saturated heterocycles. The van der Waals surface area contributed by atoms with Gasteiger partial charge >= 0.3 is 0 Å². The summed E-state index contributed by atoms with van der Waals surface area (Å²) in [5.74, 6) is 0. The second-order valence-corrected chi connectivity index (χ2v) is 10.1. The number of nitrogens with one attached hydrogen (secondary N) is 1. The van der Waals surface area contributed by atoms with Gasteiger partial charge in [-0.1, -0.05) is 105 Å². The van der Waals surface area contributed by atoms with Gasteiger partial charge in [-0.15, -0.1) is 0 Å². The number of benzene rings is 3. The predicted molar refractivity (Wildman–Crippen MR) is 175 cm³/mol. The van der Waals surface area contributed by atoms with Crippen LogP contribution in [0.4, 0.5) is 5.69 Å². The van der Waals surface area contributed by atoms with Gasteiger partial charge < -0.3 is 5.32 Å². The van der Waals surface area contributed by atoms with Crippen LogP contribution in [0.1, 0.15) is 63.3 Å². The van der Waals surface area contributed by atoms with Crippen LogP contribution in [-0.2, 0) is 0 Å². The van der Waals surface area contributed by atoms with Crippen molar-refractivity contribution in [1.29, 1.82) is 0 Å². The van der Waals surface area contributed by atoms with Crippen LogP contribution in [0.5, 0.6) is 0 Å². The van der Waals surface area contributed by atoms with Gasteiger partial charge in [-0.05, 0) is 116 Å². The van der Waals surface area contributed by atoms with Gasteiger partial charge in [-0.3, -0.25) is 0 Å². The van der Waals surface area contributed by atoms with E-state index in [1.165, 1.54) is 44.5 Å². The fraction of sp³-hybridized carbons (Fsp3) is 0.211. The van der Waals surface area contributed by atoms with Crippen LogP contribution in [0, 0.1) is 13.8 Å². The zero-order valence-electron chi connectivity index (χ0n) is 24.7. The molecule has 39 heavy (non-hydrogen) atoms. The van der Waals surface area contributed by atoms with E-state index in [2.05, 4.69) is 132 Å². The number of anilines is 1. The Morgan fingerprint density at radius 1 is 0.821 bits per heavy atom. The second-order valence-electron chi connectivity index (χ2n) is 10.1. The number of rotatable bonds is 10. The van der Waals surface area contributed by atoms with Gasteiger partial charge in [0.1, 0.15) is 0 Å². The van der Waals surface area contributed by atoms with Crippen molar-refractivity contribution in [3.63, 3.8) is 0 Å². The molecule has 0 spiro atoms. The van der Waals surface area contributed by atoms with Crippen LogP contribution in [-0.4, -0.2) is 0 Å². The van der Waals surface area contributed by atoms with E-state index in [4.69, 9.17) is 0 Å². The summed E-state index contributed by atoms with van der Waals surface area (Å²) in [6, 6.07) is 24.1. The van der Waals surface area contributed by atoms with Gasteiger partial charge in [0.05, 0.1) is 0 Å². The molecule has 1 heteroatoms. The molecule has 0 saturated carbocycles. The fourth-order valence-electron chi connectivity index (χ4n) is 4.65. The lowest BCUT2D eigenvalue weighted by atomic mass is 9.92. The number of hydrogen-bond donors (Lipinski definition) is 1. The largest absolute Gasteiger partial charge is 0.359 e. The summed E-state index contributed by atoms with van der Waals surface area (Å²) < 4.78 is 0. The Balaban J connectivity index is 1.86. The topological polar surface area (TPSA) is 12.0 Å². The molecular formula is C38H43N. The average molecular weight is 514 g/mol. The first kappa shape index (κ1) is 29.5. The molecule has 0 unspecified atom stereocenters. The van der Waals surface area contributed by atoms with Gasteiger partial charge in [-0.25, -0.2) is 0 Å². The van der Waals surface area contributed by atoms with E-state index < -0.39 is 0 Å². The minimum absolute atomic E-state index is 0.995. The maximum Gasteiger partial charge on any atom is 0.0384 e. The fourth-order valence-corrected chi connectivity index (χ4v) is 4.65. The van der Waals surface area contributed by atoms with Crippen LogP contribution < -0.4 is 5.32 Å². The minimum Gasteiger partial charge on any atom is -0.359 e. The highest BCUT2D eigenvalue weighted by Gasteiger charge is 2.10. The lowest BCUT2D eigenvalue weighted by molar-refractivity contribution is 1.23. The van der Waals surface area contributed by atoms with Gasteiger partial charge in [0.15, 0.2) is 0 Å². The maximum atomic E-state index is 4.21. The number of allylic oxidation sites excluding steroid dienone is 11. The van der Waals surface area contributed by atoms with Crippen molar-refractivity contribution in [2.24, 2.45) is 0 Å². The van der Waals surface area contributed by atoms with E-state index in [1.54, 1.807) is 0 Å². The summed E-state index contributed by atoms with van der Waals surface area (Å²) in [6.45, 7) is 19.2. The van der Waals surface area contributed by atoms with E-state index in [0.717, 1.165) is 29.0 Å². The molecule has 0 atom stereocenters. The summed E-state index contributed by atoms with van der Waals surface area (Å²) in [5.41, 5.74) is 14.5. The van der Waals surface area contributed by atoms with Crippen molar-refractivity contribution in [1.82, 2.24) is 0 Å². The summed E-state index contributed by atoms with van der Waals surface area (Å²) in [7, 11) is 0. The summed E-state index contributed by atoms with van der Waals surface area (Å²) >= 11 is 0. The highest BCUT2D eigenvalue weighted by molar-refractivity contribution is 5.85. The molecule has 3 rings (SSSR count). The summed E-state index contributed by atoms with van der Waals surface area (Å²) in [6.07, 6.45) is 13.7. The Bertz CT molecular complexity index is 1460. The molecule has 1 N–H and O–H groups in total. The number of hydrogen-bond acceptors (Lipinski definition) is 1. The predicted octanol–water partition coefficient (Wildman–Crippen LogP) is 11.3. The van der Waals surface area contributed by atoms with Crippen molar-refractivity contribution in [3.05, 3.63) is 149 Å². The Labute approximate surface area is 236 Å². The highest BCUT2D eigenvalue weighted by Crippen LogP contribution is 2.32. The molecule has 0 fully saturated rings. The van der Waals surface area contributed by atoms with Crippen LogP contribution >= 0.6 is 0 Å². The maximum absolute atomic E-state index is 4.21. The minimum atomic E-state index is 0.995. The molecule has 0 aromatic heterocycles. The van der Waals surface area contributed by atoms with Gasteiger partial charge in [0.2, 0.25) is 0 Å². The summed E-state index contributed by atoms with van der Waals surface area (Å²) in [5, 5.41) is 3.57. The molecule has 1 nitrogen and oxygen atoms in total. The molecule has 0 aliphatic heterocycles. The van der Waals surface area contributed by atoms with Crippen LogP contribution in [0.25, 0.3) is 22.3 Å². The second kappa shape index (κ2) is 14.2. The number of aryl methyl sites for hydroxylation is 2. The molecule has 0 amide bonds. The van der Waals surface area contributed by atoms with E-state index in [0.29, 0.717) is 0 Å². The first-order valence-electron chi connectivity index (χ1n) is 13.8. The molecule has 0 heterocycles. The molecule has 3 aromatic carbocycles. The van der Waals surface area contributed by atoms with Crippen molar-refractivity contribution >= 4 is 16.8 Å². The molecule has 0 aliphatic rings. The van der Waals surface area contributed by atoms with Gasteiger partial charge in [0, 0.05) is 11.4 Å². The third-order valence-electron chi connectivity index (χ3n) is 7.08. The van der Waals surface area contributed by atoms with Gasteiger partial charge in [-0.2, -0.15) is 0 Å². The highest BCUT2D eigenvalue weighted by atomic mass is 14.9. The molecule has 0 aliphatic carbocycles. The Kier molecular flexibility index (Phi) is 10.7. The Morgan fingerprint density at radius 3 is 2.10 bits per heavy atom. The first-order valence-corrected chi connectivity index (χ1v) is 13.8. The van der Waals surface area contributed by atoms with Crippen LogP contribution in [0.3, 0.4) is 0 Å². The van der Waals surface area contributed by atoms with Crippen molar-refractivity contribution in [3.8, 4) is 11.1 Å². The summed E-state index contributed by atoms with van der Waals surface area (Å²) in [4.78, 5) is 0. The van der Waals surface area contributed by atoms with E-state index in [-0.39, 0.29) is 0 Å². The lowest BCUT2D eigenvalue weighted by Crippen LogP contribution is -2.00. The zero-order chi connectivity index (χ0) is 28.4. The van der Waals surface area contributed by atoms with Gasteiger partial charge in [0.25, 0.3) is 0 Å². The first-order chi connectivity index (χ1) is 18.7. The Hall–Kier alpha value is -4.10. The van der Waals surface area contributed by atoms with Crippen LogP contribution in [0.15, 0.2) is 127 Å². The van der Waals surface area contributed by atoms with Crippen molar-refractivity contribution < 1.29 is 0 Å².